The first kappa shape index (κ1) is 23.4. The number of anilines is 1. The highest BCUT2D eigenvalue weighted by molar-refractivity contribution is 7.89. The molecule has 0 fully saturated rings. The summed E-state index contributed by atoms with van der Waals surface area (Å²) in [5.41, 5.74) is 2.49. The molecule has 0 aliphatic carbocycles. The molecule has 0 spiro atoms. The van der Waals surface area contributed by atoms with Crippen molar-refractivity contribution in [2.75, 3.05) is 12.4 Å². The smallest absolute Gasteiger partial charge is 0.255 e. The zero-order chi connectivity index (χ0) is 23.5. The summed E-state index contributed by atoms with van der Waals surface area (Å²) in [6, 6.07) is 19.7. The molecule has 0 aliphatic heterocycles. The molecule has 0 saturated carbocycles. The lowest BCUT2D eigenvalue weighted by Gasteiger charge is -2.21. The maximum absolute atomic E-state index is 13.0. The number of hydrogen-bond acceptors (Lipinski definition) is 4. The number of nitrogens with one attached hydrogen (secondary N) is 1. The quantitative estimate of drug-likeness (QED) is 0.537. The van der Waals surface area contributed by atoms with Gasteiger partial charge < -0.3 is 5.32 Å². The molecule has 1 N–H and O–H groups in total. The highest BCUT2D eigenvalue weighted by Gasteiger charge is 2.23. The van der Waals surface area contributed by atoms with Gasteiger partial charge >= 0.3 is 0 Å². The summed E-state index contributed by atoms with van der Waals surface area (Å²) in [4.78, 5) is 25.9. The third-order valence-electron chi connectivity index (χ3n) is 5.22. The number of benzene rings is 3. The summed E-state index contributed by atoms with van der Waals surface area (Å²) in [6.45, 7) is 5.45. The van der Waals surface area contributed by atoms with Gasteiger partial charge in [0.1, 0.15) is 0 Å². The van der Waals surface area contributed by atoms with E-state index >= 15 is 0 Å². The van der Waals surface area contributed by atoms with Crippen molar-refractivity contribution in [3.63, 3.8) is 0 Å². The van der Waals surface area contributed by atoms with Gasteiger partial charge in [0.2, 0.25) is 10.0 Å². The van der Waals surface area contributed by atoms with E-state index in [1.54, 1.807) is 50.2 Å². The first-order valence-electron chi connectivity index (χ1n) is 10.2. The highest BCUT2D eigenvalue weighted by atomic mass is 32.2. The van der Waals surface area contributed by atoms with Crippen molar-refractivity contribution in [1.82, 2.24) is 4.31 Å². The van der Waals surface area contributed by atoms with Gasteiger partial charge in [-0.3, -0.25) is 9.59 Å². The third kappa shape index (κ3) is 4.95. The summed E-state index contributed by atoms with van der Waals surface area (Å²) >= 11 is 0. The van der Waals surface area contributed by atoms with Gasteiger partial charge in [-0.1, -0.05) is 42.0 Å². The van der Waals surface area contributed by atoms with E-state index in [9.17, 15) is 18.0 Å². The topological polar surface area (TPSA) is 83.6 Å². The molecule has 6 nitrogen and oxygen atoms in total. The van der Waals surface area contributed by atoms with Gasteiger partial charge in [0.25, 0.3) is 5.91 Å². The van der Waals surface area contributed by atoms with E-state index < -0.39 is 15.9 Å². The van der Waals surface area contributed by atoms with Crippen molar-refractivity contribution in [2.24, 2.45) is 0 Å². The summed E-state index contributed by atoms with van der Waals surface area (Å²) < 4.78 is 26.5. The number of ketones is 1. The van der Waals surface area contributed by atoms with E-state index in [-0.39, 0.29) is 22.3 Å². The van der Waals surface area contributed by atoms with E-state index in [1.807, 2.05) is 19.1 Å². The molecule has 0 saturated heterocycles. The third-order valence-corrected chi connectivity index (χ3v) is 7.27. The Kier molecular flexibility index (Phi) is 6.91. The molecule has 0 atom stereocenters. The number of aryl methyl sites for hydroxylation is 1. The summed E-state index contributed by atoms with van der Waals surface area (Å²) in [5.74, 6) is -0.625. The molecule has 0 aromatic heterocycles. The van der Waals surface area contributed by atoms with Crippen LogP contribution in [0.1, 0.15) is 45.7 Å². The van der Waals surface area contributed by atoms with Crippen molar-refractivity contribution in [3.8, 4) is 0 Å². The second-order valence-corrected chi connectivity index (χ2v) is 9.84. The molecule has 0 bridgehead atoms. The van der Waals surface area contributed by atoms with Crippen LogP contribution in [0.25, 0.3) is 0 Å². The van der Waals surface area contributed by atoms with E-state index in [1.165, 1.54) is 35.6 Å². The van der Waals surface area contributed by atoms with Crippen LogP contribution in [0, 0.1) is 6.92 Å². The standard InChI is InChI=1S/C25H26N2O4S/c1-17(2)27(4)32(30,31)21-13-11-20(12-14-21)25(29)26-23-15-10-18(3)16-22(23)24(28)19-8-6-5-7-9-19/h5-17H,1-4H3,(H,26,29). The first-order valence-corrected chi connectivity index (χ1v) is 11.6. The Morgan fingerprint density at radius 2 is 1.50 bits per heavy atom. The highest BCUT2D eigenvalue weighted by Crippen LogP contribution is 2.23. The largest absolute Gasteiger partial charge is 0.321 e. The van der Waals surface area contributed by atoms with Gasteiger partial charge in [-0.15, -0.1) is 0 Å². The number of nitrogens with zero attached hydrogens (tertiary/aromatic N) is 1. The lowest BCUT2D eigenvalue weighted by molar-refractivity contribution is 0.102. The number of amides is 1. The number of hydrogen-bond donors (Lipinski definition) is 1. The fourth-order valence-corrected chi connectivity index (χ4v) is 4.48. The average molecular weight is 451 g/mol. The molecule has 0 unspecified atom stereocenters. The Morgan fingerprint density at radius 3 is 2.09 bits per heavy atom. The molecule has 0 aliphatic rings. The molecule has 3 rings (SSSR count). The Labute approximate surface area is 188 Å². The van der Waals surface area contributed by atoms with Crippen LogP contribution in [0.15, 0.2) is 77.7 Å². The van der Waals surface area contributed by atoms with Gasteiger partial charge in [0.05, 0.1) is 10.6 Å². The Bertz CT molecular complexity index is 1230. The monoisotopic (exact) mass is 450 g/mol. The lowest BCUT2D eigenvalue weighted by Crippen LogP contribution is -2.33. The minimum atomic E-state index is -3.64. The van der Waals surface area contributed by atoms with Crippen LogP contribution in [0.3, 0.4) is 0 Å². The molecule has 3 aromatic carbocycles. The number of carbonyl (C=O) groups is 2. The second kappa shape index (κ2) is 9.46. The van der Waals surface area contributed by atoms with E-state index in [2.05, 4.69) is 5.32 Å². The predicted octanol–water partition coefficient (Wildman–Crippen LogP) is 4.51. The molecular weight excluding hydrogens is 424 g/mol. The zero-order valence-corrected chi connectivity index (χ0v) is 19.3. The van der Waals surface area contributed by atoms with E-state index in [4.69, 9.17) is 0 Å². The summed E-state index contributed by atoms with van der Waals surface area (Å²) in [7, 11) is -2.12. The predicted molar refractivity (Wildman–Crippen MR) is 126 cm³/mol. The second-order valence-electron chi connectivity index (χ2n) is 7.84. The molecule has 1 amide bonds. The molecule has 0 radical (unpaired) electrons. The van der Waals surface area contributed by atoms with Crippen LogP contribution >= 0.6 is 0 Å². The Hall–Kier alpha value is -3.29. The minimum absolute atomic E-state index is 0.112. The zero-order valence-electron chi connectivity index (χ0n) is 18.5. The Balaban J connectivity index is 1.86. The molecule has 166 valence electrons. The molecule has 32 heavy (non-hydrogen) atoms. The maximum Gasteiger partial charge on any atom is 0.255 e. The average Bonchev–Trinajstić information content (AvgIpc) is 2.79. The van der Waals surface area contributed by atoms with Crippen molar-refractivity contribution < 1.29 is 18.0 Å². The summed E-state index contributed by atoms with van der Waals surface area (Å²) in [6.07, 6.45) is 0. The maximum atomic E-state index is 13.0. The Morgan fingerprint density at radius 1 is 0.875 bits per heavy atom. The number of carbonyl (C=O) groups excluding carboxylic acids is 2. The van der Waals surface area contributed by atoms with Crippen molar-refractivity contribution in [3.05, 3.63) is 95.1 Å². The number of rotatable bonds is 7. The van der Waals surface area contributed by atoms with Crippen LogP contribution in [0.4, 0.5) is 5.69 Å². The fraction of sp³-hybridized carbons (Fsp3) is 0.200. The van der Waals surface area contributed by atoms with Crippen molar-refractivity contribution >= 4 is 27.4 Å². The van der Waals surface area contributed by atoms with Gasteiger partial charge in [0, 0.05) is 29.8 Å². The molecule has 3 aromatic rings. The van der Waals surface area contributed by atoms with Gasteiger partial charge in [-0.2, -0.15) is 4.31 Å². The van der Waals surface area contributed by atoms with Crippen LogP contribution in [-0.4, -0.2) is 37.5 Å². The van der Waals surface area contributed by atoms with Crippen LogP contribution in [0.2, 0.25) is 0 Å². The van der Waals surface area contributed by atoms with Crippen molar-refractivity contribution in [1.29, 1.82) is 0 Å². The van der Waals surface area contributed by atoms with Gasteiger partial charge in [0.15, 0.2) is 5.78 Å². The van der Waals surface area contributed by atoms with Gasteiger partial charge in [-0.25, -0.2) is 8.42 Å². The van der Waals surface area contributed by atoms with Crippen LogP contribution in [0.5, 0.6) is 0 Å². The van der Waals surface area contributed by atoms with E-state index in [0.717, 1.165) is 5.56 Å². The summed E-state index contributed by atoms with van der Waals surface area (Å²) in [5, 5.41) is 2.78. The van der Waals surface area contributed by atoms with Crippen LogP contribution < -0.4 is 5.32 Å². The lowest BCUT2D eigenvalue weighted by atomic mass is 9.99. The van der Waals surface area contributed by atoms with Crippen LogP contribution in [-0.2, 0) is 10.0 Å². The normalized spacial score (nSPS) is 11.6. The van der Waals surface area contributed by atoms with Crippen molar-refractivity contribution in [2.45, 2.75) is 31.7 Å². The minimum Gasteiger partial charge on any atom is -0.321 e. The SMILES string of the molecule is Cc1ccc(NC(=O)c2ccc(S(=O)(=O)N(C)C(C)C)cc2)c(C(=O)c2ccccc2)c1. The van der Waals surface area contributed by atoms with E-state index in [0.29, 0.717) is 16.8 Å². The first-order chi connectivity index (χ1) is 15.1. The number of sulfonamides is 1. The fourth-order valence-electron chi connectivity index (χ4n) is 3.12. The molecule has 7 heteroatoms. The molecular formula is C25H26N2O4S. The van der Waals surface area contributed by atoms with Gasteiger partial charge in [-0.05, 0) is 57.2 Å². The molecule has 0 heterocycles.